The molecular weight excluding hydrogens is 344 g/mol. The molecule has 0 aliphatic carbocycles. The van der Waals surface area contributed by atoms with Crippen LogP contribution in [0.25, 0.3) is 0 Å². The van der Waals surface area contributed by atoms with Crippen molar-refractivity contribution in [1.82, 2.24) is 4.90 Å². The van der Waals surface area contributed by atoms with E-state index < -0.39 is 23.8 Å². The van der Waals surface area contributed by atoms with Crippen molar-refractivity contribution in [3.8, 4) is 6.07 Å². The van der Waals surface area contributed by atoms with Crippen molar-refractivity contribution in [3.05, 3.63) is 29.3 Å². The summed E-state index contributed by atoms with van der Waals surface area (Å²) in [7, 11) is 0. The van der Waals surface area contributed by atoms with Gasteiger partial charge in [0.1, 0.15) is 11.8 Å². The van der Waals surface area contributed by atoms with Crippen LogP contribution < -0.4 is 4.90 Å². The summed E-state index contributed by atoms with van der Waals surface area (Å²) in [6, 6.07) is 3.74. The number of ether oxygens (including phenoxy) is 1. The minimum Gasteiger partial charge on any atom is -0.444 e. The molecule has 1 N–H and O–H groups in total. The molecule has 1 unspecified atom stereocenters. The van der Waals surface area contributed by atoms with Crippen molar-refractivity contribution in [1.29, 1.82) is 5.26 Å². The number of likely N-dealkylation sites (tertiary alicyclic amines) is 1. The number of benzene rings is 1. The summed E-state index contributed by atoms with van der Waals surface area (Å²) < 4.78 is 34.0. The largest absolute Gasteiger partial charge is 0.444 e. The molecule has 1 amide bonds. The van der Waals surface area contributed by atoms with E-state index in [1.165, 1.54) is 4.90 Å². The van der Waals surface area contributed by atoms with Crippen LogP contribution in [0, 0.1) is 23.0 Å². The molecule has 2 aliphatic rings. The highest BCUT2D eigenvalue weighted by Gasteiger charge is 2.29. The van der Waals surface area contributed by atoms with Crippen LogP contribution in [0.1, 0.15) is 31.2 Å². The first kappa shape index (κ1) is 18.4. The Labute approximate surface area is 150 Å². The third-order valence-electron chi connectivity index (χ3n) is 4.83. The SMILES string of the molecule is N#Cc1cc(F)c(N2CCCC(OC(=O)N3CCC(O)CC3)C2)c(F)c1. The maximum atomic E-state index is 14.2. The highest BCUT2D eigenvalue weighted by atomic mass is 19.1. The van der Waals surface area contributed by atoms with Crippen LogP contribution in [0.5, 0.6) is 0 Å². The maximum Gasteiger partial charge on any atom is 0.410 e. The van der Waals surface area contributed by atoms with Gasteiger partial charge in [-0.3, -0.25) is 0 Å². The molecule has 0 spiro atoms. The van der Waals surface area contributed by atoms with E-state index in [4.69, 9.17) is 10.00 Å². The van der Waals surface area contributed by atoms with Gasteiger partial charge in [0.15, 0.2) is 11.6 Å². The van der Waals surface area contributed by atoms with Crippen LogP contribution in [0.2, 0.25) is 0 Å². The Balaban J connectivity index is 1.65. The minimum atomic E-state index is -0.793. The van der Waals surface area contributed by atoms with Gasteiger partial charge in [0.05, 0.1) is 24.3 Å². The lowest BCUT2D eigenvalue weighted by Crippen LogP contribution is -2.46. The fourth-order valence-electron chi connectivity index (χ4n) is 3.44. The van der Waals surface area contributed by atoms with Crippen LogP contribution in [0.15, 0.2) is 12.1 Å². The molecule has 2 fully saturated rings. The standard InChI is InChI=1S/C18H21F2N3O3/c19-15-8-12(10-21)9-16(20)17(15)23-5-1-2-14(11-23)26-18(25)22-6-3-13(24)4-7-22/h8-9,13-14,24H,1-7,11H2. The van der Waals surface area contributed by atoms with Crippen molar-refractivity contribution in [3.63, 3.8) is 0 Å². The molecule has 3 rings (SSSR count). The highest BCUT2D eigenvalue weighted by Crippen LogP contribution is 2.28. The molecule has 2 heterocycles. The number of rotatable bonds is 2. The van der Waals surface area contributed by atoms with Crippen molar-refractivity contribution < 1.29 is 23.4 Å². The number of halogens is 2. The summed E-state index contributed by atoms with van der Waals surface area (Å²) in [4.78, 5) is 15.3. The number of aliphatic hydroxyl groups excluding tert-OH is 1. The minimum absolute atomic E-state index is 0.0731. The van der Waals surface area contributed by atoms with Gasteiger partial charge in [0.2, 0.25) is 0 Å². The predicted octanol–water partition coefficient (Wildman–Crippen LogP) is 2.40. The Bertz CT molecular complexity index is 691. The summed E-state index contributed by atoms with van der Waals surface area (Å²) in [5.41, 5.74) is -0.262. The molecule has 6 nitrogen and oxygen atoms in total. The zero-order valence-electron chi connectivity index (χ0n) is 14.3. The molecule has 2 saturated heterocycles. The van der Waals surface area contributed by atoms with E-state index in [0.717, 1.165) is 12.1 Å². The third kappa shape index (κ3) is 4.05. The van der Waals surface area contributed by atoms with Crippen LogP contribution in [0.3, 0.4) is 0 Å². The number of nitriles is 1. The Morgan fingerprint density at radius 3 is 2.46 bits per heavy atom. The van der Waals surface area contributed by atoms with Crippen LogP contribution in [0.4, 0.5) is 19.3 Å². The van der Waals surface area contributed by atoms with Gasteiger partial charge in [-0.15, -0.1) is 0 Å². The normalized spacial score (nSPS) is 21.4. The molecule has 2 aliphatic heterocycles. The maximum absolute atomic E-state index is 14.2. The topological polar surface area (TPSA) is 76.8 Å². The summed E-state index contributed by atoms with van der Waals surface area (Å²) in [6.45, 7) is 1.52. The van der Waals surface area contributed by atoms with E-state index in [0.29, 0.717) is 45.3 Å². The summed E-state index contributed by atoms with van der Waals surface area (Å²) in [6.07, 6.45) is 1.00. The molecular formula is C18H21F2N3O3. The number of amides is 1. The van der Waals surface area contributed by atoms with Crippen molar-refractivity contribution in [2.24, 2.45) is 0 Å². The molecule has 0 aromatic heterocycles. The zero-order chi connectivity index (χ0) is 18.7. The van der Waals surface area contributed by atoms with Gasteiger partial charge in [-0.2, -0.15) is 5.26 Å². The summed E-state index contributed by atoms with van der Waals surface area (Å²) in [5.74, 6) is -1.59. The Morgan fingerprint density at radius 1 is 1.19 bits per heavy atom. The molecule has 0 bridgehead atoms. The number of carbonyl (C=O) groups excluding carboxylic acids is 1. The van der Waals surface area contributed by atoms with E-state index in [2.05, 4.69) is 0 Å². The second-order valence-corrected chi connectivity index (χ2v) is 6.71. The van der Waals surface area contributed by atoms with E-state index in [1.807, 2.05) is 0 Å². The first-order chi connectivity index (χ1) is 12.5. The Hall–Kier alpha value is -2.40. The van der Waals surface area contributed by atoms with Gasteiger partial charge >= 0.3 is 6.09 Å². The molecule has 0 radical (unpaired) electrons. The average Bonchev–Trinajstić information content (AvgIpc) is 2.62. The molecule has 26 heavy (non-hydrogen) atoms. The summed E-state index contributed by atoms with van der Waals surface area (Å²) >= 11 is 0. The van der Waals surface area contributed by atoms with Crippen molar-refractivity contribution in [2.75, 3.05) is 31.1 Å². The molecule has 1 atom stereocenters. The lowest BCUT2D eigenvalue weighted by molar-refractivity contribution is 0.0331. The van der Waals surface area contributed by atoms with Crippen LogP contribution in [-0.4, -0.2) is 54.5 Å². The number of anilines is 1. The van der Waals surface area contributed by atoms with Gasteiger partial charge in [-0.05, 0) is 37.8 Å². The number of piperidine rings is 2. The average molecular weight is 365 g/mol. The number of hydrogen-bond acceptors (Lipinski definition) is 5. The van der Waals surface area contributed by atoms with Gasteiger partial charge in [0, 0.05) is 19.6 Å². The van der Waals surface area contributed by atoms with Gasteiger partial charge < -0.3 is 19.6 Å². The fraction of sp³-hybridized carbons (Fsp3) is 0.556. The highest BCUT2D eigenvalue weighted by molar-refractivity contribution is 5.68. The second kappa shape index (κ2) is 7.87. The molecule has 1 aromatic rings. The van der Waals surface area contributed by atoms with E-state index in [1.54, 1.807) is 11.0 Å². The quantitative estimate of drug-likeness (QED) is 0.871. The van der Waals surface area contributed by atoms with Gasteiger partial charge in [0.25, 0.3) is 0 Å². The number of carbonyl (C=O) groups is 1. The molecule has 8 heteroatoms. The lowest BCUT2D eigenvalue weighted by atomic mass is 10.1. The van der Waals surface area contributed by atoms with E-state index >= 15 is 0 Å². The van der Waals surface area contributed by atoms with Crippen molar-refractivity contribution >= 4 is 11.8 Å². The number of hydrogen-bond donors (Lipinski definition) is 1. The molecule has 140 valence electrons. The Kier molecular flexibility index (Phi) is 5.57. The smallest absolute Gasteiger partial charge is 0.410 e. The van der Waals surface area contributed by atoms with Crippen LogP contribution in [-0.2, 0) is 4.74 Å². The zero-order valence-corrected chi connectivity index (χ0v) is 14.3. The first-order valence-electron chi connectivity index (χ1n) is 8.75. The van der Waals surface area contributed by atoms with E-state index in [-0.39, 0.29) is 23.9 Å². The number of nitrogens with zero attached hydrogens (tertiary/aromatic N) is 3. The number of aliphatic hydroxyl groups is 1. The third-order valence-corrected chi connectivity index (χ3v) is 4.83. The Morgan fingerprint density at radius 2 is 1.85 bits per heavy atom. The molecule has 0 saturated carbocycles. The van der Waals surface area contributed by atoms with Gasteiger partial charge in [-0.1, -0.05) is 0 Å². The van der Waals surface area contributed by atoms with Gasteiger partial charge in [-0.25, -0.2) is 13.6 Å². The first-order valence-corrected chi connectivity index (χ1v) is 8.75. The lowest BCUT2D eigenvalue weighted by Gasteiger charge is -2.36. The fourth-order valence-corrected chi connectivity index (χ4v) is 3.44. The second-order valence-electron chi connectivity index (χ2n) is 6.71. The van der Waals surface area contributed by atoms with Crippen LogP contribution >= 0.6 is 0 Å². The predicted molar refractivity (Wildman–Crippen MR) is 89.6 cm³/mol. The van der Waals surface area contributed by atoms with Crippen molar-refractivity contribution in [2.45, 2.75) is 37.9 Å². The van der Waals surface area contributed by atoms with E-state index in [9.17, 15) is 18.7 Å². The summed E-state index contributed by atoms with van der Waals surface area (Å²) in [5, 5.41) is 18.3. The monoisotopic (exact) mass is 365 g/mol. The molecule has 1 aromatic carbocycles.